The number of aromatic nitrogens is 2. The minimum absolute atomic E-state index is 0.0401. The van der Waals surface area contributed by atoms with Gasteiger partial charge in [0.2, 0.25) is 0 Å². The van der Waals surface area contributed by atoms with Crippen molar-refractivity contribution >= 4 is 28.1 Å². The van der Waals surface area contributed by atoms with Crippen LogP contribution in [0, 0.1) is 6.85 Å². The van der Waals surface area contributed by atoms with Gasteiger partial charge in [-0.2, -0.15) is 0 Å². The maximum absolute atomic E-state index is 10.9. The van der Waals surface area contributed by atoms with Gasteiger partial charge in [0, 0.05) is 26.7 Å². The van der Waals surface area contributed by atoms with Crippen molar-refractivity contribution < 1.29 is 9.22 Å². The summed E-state index contributed by atoms with van der Waals surface area (Å²) in [6, 6.07) is 25.9. The topological polar surface area (TPSA) is 49.2 Å². The predicted molar refractivity (Wildman–Crippen MR) is 157 cm³/mol. The normalized spacial score (nSPS) is 15.8. The third-order valence-corrected chi connectivity index (χ3v) is 7.70. The summed E-state index contributed by atoms with van der Waals surface area (Å²) < 4.78 is 23.4. The van der Waals surface area contributed by atoms with Crippen molar-refractivity contribution in [3.63, 3.8) is 0 Å². The molecular formula is C34H33N3O. The van der Waals surface area contributed by atoms with Gasteiger partial charge in [0.15, 0.2) is 0 Å². The molecule has 6 rings (SSSR count). The molecule has 0 saturated heterocycles. The van der Waals surface area contributed by atoms with Crippen molar-refractivity contribution in [3.8, 4) is 17.0 Å². The highest BCUT2D eigenvalue weighted by Gasteiger charge is 2.37. The molecule has 0 atom stereocenters. The number of aromatic hydroxyl groups is 1. The van der Waals surface area contributed by atoms with Crippen LogP contribution in [0.3, 0.4) is 0 Å². The number of anilines is 3. The third-order valence-electron chi connectivity index (χ3n) is 7.70. The molecule has 0 radical (unpaired) electrons. The smallest absolute Gasteiger partial charge is 0.144 e. The number of para-hydroxylation sites is 1. The molecule has 3 heterocycles. The SMILES string of the molecule is [2H]C([2H])([2H])c1ccc2ccc(-c3ccc4c(c3)N(c3cc(C(C)(C)C)ccn3)c3ccccc3C4(C)C)nc2c1O. The van der Waals surface area contributed by atoms with Crippen LogP contribution in [0.2, 0.25) is 0 Å². The zero-order valence-corrected chi connectivity index (χ0v) is 22.4. The predicted octanol–water partition coefficient (Wildman–Crippen LogP) is 8.72. The van der Waals surface area contributed by atoms with E-state index in [9.17, 15) is 5.11 Å². The lowest BCUT2D eigenvalue weighted by Gasteiger charge is -2.42. The maximum atomic E-state index is 10.9. The van der Waals surface area contributed by atoms with Gasteiger partial charge in [0.1, 0.15) is 17.1 Å². The molecule has 1 aliphatic rings. The number of fused-ring (bicyclic) bond motifs is 3. The number of phenolic OH excluding ortho intramolecular Hbond substituents is 1. The van der Waals surface area contributed by atoms with Crippen molar-refractivity contribution in [2.75, 3.05) is 4.90 Å². The molecule has 1 aliphatic heterocycles. The van der Waals surface area contributed by atoms with Crippen molar-refractivity contribution in [1.29, 1.82) is 0 Å². The summed E-state index contributed by atoms with van der Waals surface area (Å²) in [5, 5.41) is 11.5. The molecule has 2 aromatic heterocycles. The first-order valence-electron chi connectivity index (χ1n) is 14.4. The van der Waals surface area contributed by atoms with E-state index in [-0.39, 0.29) is 27.7 Å². The van der Waals surface area contributed by atoms with Gasteiger partial charge in [0.25, 0.3) is 0 Å². The summed E-state index contributed by atoms with van der Waals surface area (Å²) in [4.78, 5) is 11.8. The second-order valence-electron chi connectivity index (χ2n) is 11.6. The molecule has 0 amide bonds. The molecule has 0 bridgehead atoms. The summed E-state index contributed by atoms with van der Waals surface area (Å²) in [5.41, 5.74) is 7.03. The van der Waals surface area contributed by atoms with Crippen LogP contribution in [0.25, 0.3) is 22.2 Å². The van der Waals surface area contributed by atoms with Gasteiger partial charge >= 0.3 is 0 Å². The van der Waals surface area contributed by atoms with Crippen LogP contribution < -0.4 is 4.90 Å². The Labute approximate surface area is 228 Å². The lowest BCUT2D eigenvalue weighted by Crippen LogP contribution is -2.31. The Kier molecular flexibility index (Phi) is 4.62. The number of pyridine rings is 2. The Morgan fingerprint density at radius 2 is 1.63 bits per heavy atom. The lowest BCUT2D eigenvalue weighted by atomic mass is 9.73. The zero-order chi connectivity index (χ0) is 29.3. The van der Waals surface area contributed by atoms with Crippen LogP contribution in [0.1, 0.15) is 61.0 Å². The fourth-order valence-electron chi connectivity index (χ4n) is 5.46. The Bertz CT molecular complexity index is 1820. The molecule has 3 aromatic carbocycles. The first kappa shape index (κ1) is 20.8. The molecule has 4 heteroatoms. The monoisotopic (exact) mass is 502 g/mol. The van der Waals surface area contributed by atoms with Gasteiger partial charge in [-0.05, 0) is 64.9 Å². The molecular weight excluding hydrogens is 466 g/mol. The summed E-state index contributed by atoms with van der Waals surface area (Å²) in [6.07, 6.45) is 1.87. The Hall–Kier alpha value is -4.18. The first-order chi connectivity index (χ1) is 19.3. The van der Waals surface area contributed by atoms with Gasteiger partial charge in [-0.1, -0.05) is 83.1 Å². The Morgan fingerprint density at radius 1 is 0.868 bits per heavy atom. The summed E-state index contributed by atoms with van der Waals surface area (Å²) in [6.45, 7) is 8.64. The summed E-state index contributed by atoms with van der Waals surface area (Å²) in [7, 11) is 0. The number of hydrogen-bond acceptors (Lipinski definition) is 4. The fourth-order valence-corrected chi connectivity index (χ4v) is 5.46. The molecule has 190 valence electrons. The molecule has 0 saturated carbocycles. The number of nitrogens with zero attached hydrogens (tertiary/aromatic N) is 3. The highest BCUT2D eigenvalue weighted by Crippen LogP contribution is 2.52. The quantitative estimate of drug-likeness (QED) is 0.262. The van der Waals surface area contributed by atoms with Crippen molar-refractivity contribution in [2.24, 2.45) is 0 Å². The molecule has 0 aliphatic carbocycles. The molecule has 0 fully saturated rings. The fraction of sp³-hybridized carbons (Fsp3) is 0.235. The Morgan fingerprint density at radius 3 is 2.42 bits per heavy atom. The third kappa shape index (κ3) is 3.75. The van der Waals surface area contributed by atoms with Gasteiger partial charge in [0.05, 0.1) is 17.1 Å². The van der Waals surface area contributed by atoms with Crippen LogP contribution >= 0.6 is 0 Å². The van der Waals surface area contributed by atoms with Crippen LogP contribution in [0.4, 0.5) is 17.2 Å². The Balaban J connectivity index is 1.57. The van der Waals surface area contributed by atoms with E-state index in [1.54, 1.807) is 6.07 Å². The highest BCUT2D eigenvalue weighted by atomic mass is 16.3. The minimum atomic E-state index is -2.43. The van der Waals surface area contributed by atoms with E-state index in [1.165, 1.54) is 17.2 Å². The van der Waals surface area contributed by atoms with Crippen molar-refractivity contribution in [1.82, 2.24) is 9.97 Å². The van der Waals surface area contributed by atoms with Gasteiger partial charge in [-0.15, -0.1) is 0 Å². The molecule has 4 nitrogen and oxygen atoms in total. The number of benzene rings is 3. The zero-order valence-electron chi connectivity index (χ0n) is 25.4. The number of rotatable bonds is 2. The van der Waals surface area contributed by atoms with Crippen LogP contribution in [0.15, 0.2) is 85.1 Å². The first-order valence-corrected chi connectivity index (χ1v) is 12.9. The minimum Gasteiger partial charge on any atom is -0.505 e. The molecule has 0 spiro atoms. The average Bonchev–Trinajstić information content (AvgIpc) is 2.92. The van der Waals surface area contributed by atoms with Gasteiger partial charge in [-0.3, -0.25) is 4.90 Å². The maximum Gasteiger partial charge on any atom is 0.144 e. The van der Waals surface area contributed by atoms with E-state index >= 15 is 0 Å². The van der Waals surface area contributed by atoms with E-state index < -0.39 is 6.85 Å². The van der Waals surface area contributed by atoms with E-state index in [0.29, 0.717) is 11.1 Å². The number of hydrogen-bond donors (Lipinski definition) is 1. The molecule has 1 N–H and O–H groups in total. The van der Waals surface area contributed by atoms with Crippen LogP contribution in [-0.2, 0) is 10.8 Å². The molecule has 5 aromatic rings. The summed E-state index contributed by atoms with van der Waals surface area (Å²) in [5.74, 6) is 0.535. The van der Waals surface area contributed by atoms with E-state index in [0.717, 1.165) is 28.3 Å². The molecule has 0 unspecified atom stereocenters. The van der Waals surface area contributed by atoms with Crippen LogP contribution in [-0.4, -0.2) is 15.1 Å². The van der Waals surface area contributed by atoms with Crippen molar-refractivity contribution in [3.05, 3.63) is 107 Å². The molecule has 38 heavy (non-hydrogen) atoms. The van der Waals surface area contributed by atoms with E-state index in [2.05, 4.69) is 88.0 Å². The standard InChI is InChI=1S/C34H33N3O/c1-21-11-12-22-14-16-27(36-31(22)32(21)38)23-13-15-26-29(19-23)37(28-10-8-7-9-25(28)34(26,5)6)30-20-24(17-18-35-30)33(2,3)4/h7-20,38H,1-6H3/i1D3. The summed E-state index contributed by atoms with van der Waals surface area (Å²) >= 11 is 0. The van der Waals surface area contributed by atoms with E-state index in [4.69, 9.17) is 14.1 Å². The van der Waals surface area contributed by atoms with Crippen molar-refractivity contribution in [2.45, 2.75) is 52.3 Å². The second kappa shape index (κ2) is 8.42. The van der Waals surface area contributed by atoms with Crippen LogP contribution in [0.5, 0.6) is 5.75 Å². The van der Waals surface area contributed by atoms with Gasteiger partial charge in [-0.25, -0.2) is 9.97 Å². The second-order valence-corrected chi connectivity index (χ2v) is 11.6. The average molecular weight is 503 g/mol. The largest absolute Gasteiger partial charge is 0.505 e. The highest BCUT2D eigenvalue weighted by molar-refractivity contribution is 5.90. The van der Waals surface area contributed by atoms with E-state index in [1.807, 2.05) is 24.4 Å². The number of aryl methyl sites for hydroxylation is 1. The lowest BCUT2D eigenvalue weighted by molar-refractivity contribution is 0.476. The number of phenols is 1. The van der Waals surface area contributed by atoms with Gasteiger partial charge < -0.3 is 5.11 Å².